The summed E-state index contributed by atoms with van der Waals surface area (Å²) in [5.74, 6) is 0.219. The summed E-state index contributed by atoms with van der Waals surface area (Å²) in [6, 6.07) is 3.24. The average Bonchev–Trinajstić information content (AvgIpc) is 2.66. The van der Waals surface area contributed by atoms with Crippen LogP contribution in [0.1, 0.15) is 12.8 Å². The normalized spacial score (nSPS) is 12.7. The Morgan fingerprint density at radius 1 is 1.25 bits per heavy atom. The van der Waals surface area contributed by atoms with Crippen LogP contribution < -0.4 is 10.0 Å². The molecule has 0 radical (unpaired) electrons. The van der Waals surface area contributed by atoms with E-state index in [1.165, 1.54) is 30.0 Å². The quantitative estimate of drug-likeness (QED) is 0.404. The van der Waals surface area contributed by atoms with Gasteiger partial charge in [-0.1, -0.05) is 23.2 Å². The average molecular weight is 473 g/mol. The van der Waals surface area contributed by atoms with Crippen LogP contribution in [0.5, 0.6) is 0 Å². The Hall–Kier alpha value is -0.550. The minimum Gasteiger partial charge on any atom is -0.382 e. The zero-order chi connectivity index (χ0) is 21.0. The molecule has 11 heteroatoms. The van der Waals surface area contributed by atoms with Crippen LogP contribution in [-0.2, 0) is 24.3 Å². The van der Waals surface area contributed by atoms with Crippen molar-refractivity contribution in [1.82, 2.24) is 10.0 Å². The first-order valence-corrected chi connectivity index (χ1v) is 12.3. The lowest BCUT2D eigenvalue weighted by molar-refractivity contribution is -0.122. The number of halogens is 2. The van der Waals surface area contributed by atoms with Gasteiger partial charge in [0.1, 0.15) is 10.9 Å². The molecule has 0 aliphatic carbocycles. The molecular formula is C17H26Cl2N2O5S2. The van der Waals surface area contributed by atoms with Crippen LogP contribution in [0.15, 0.2) is 23.1 Å². The molecule has 0 fully saturated rings. The molecule has 1 aromatic carbocycles. The minimum absolute atomic E-state index is 0.0362. The van der Waals surface area contributed by atoms with Crippen LogP contribution in [-0.4, -0.2) is 65.9 Å². The van der Waals surface area contributed by atoms with Crippen molar-refractivity contribution in [3.05, 3.63) is 28.2 Å². The second kappa shape index (κ2) is 13.6. The standard InChI is InChI=1S/C17H26Cl2N2O5S2/c1-25-9-10-26-8-3-7-20-17(22)15(6-11-27-2)21-28(23,24)16-12-13(18)4-5-14(16)19/h4-5,12,15,21H,3,6-11H2,1-2H3,(H,20,22). The van der Waals surface area contributed by atoms with Gasteiger partial charge in [-0.05, 0) is 43.0 Å². The number of carbonyl (C=O) groups excluding carboxylic acids is 1. The number of benzene rings is 1. The number of methoxy groups -OCH3 is 1. The fourth-order valence-corrected chi connectivity index (χ4v) is 4.63. The van der Waals surface area contributed by atoms with Crippen molar-refractivity contribution in [3.63, 3.8) is 0 Å². The summed E-state index contributed by atoms with van der Waals surface area (Å²) in [6.45, 7) is 1.85. The lowest BCUT2D eigenvalue weighted by atomic mass is 10.2. The third-order valence-electron chi connectivity index (χ3n) is 3.60. The molecule has 7 nitrogen and oxygen atoms in total. The van der Waals surface area contributed by atoms with E-state index in [0.29, 0.717) is 45.0 Å². The number of nitrogens with one attached hydrogen (secondary N) is 2. The van der Waals surface area contributed by atoms with E-state index in [1.54, 1.807) is 7.11 Å². The van der Waals surface area contributed by atoms with Crippen molar-refractivity contribution < 1.29 is 22.7 Å². The van der Waals surface area contributed by atoms with Crippen LogP contribution in [0.3, 0.4) is 0 Å². The number of ether oxygens (including phenoxy) is 2. The molecule has 0 aliphatic heterocycles. The Labute approximate surface area is 180 Å². The maximum Gasteiger partial charge on any atom is 0.242 e. The maximum atomic E-state index is 12.7. The van der Waals surface area contributed by atoms with Gasteiger partial charge in [0.15, 0.2) is 0 Å². The van der Waals surface area contributed by atoms with Gasteiger partial charge in [-0.2, -0.15) is 16.5 Å². The largest absolute Gasteiger partial charge is 0.382 e. The summed E-state index contributed by atoms with van der Waals surface area (Å²) in [5.41, 5.74) is 0. The predicted octanol–water partition coefficient (Wildman–Crippen LogP) is 2.56. The van der Waals surface area contributed by atoms with Gasteiger partial charge in [-0.3, -0.25) is 4.79 Å². The fourth-order valence-electron chi connectivity index (χ4n) is 2.17. The van der Waals surface area contributed by atoms with E-state index in [9.17, 15) is 13.2 Å². The lowest BCUT2D eigenvalue weighted by Gasteiger charge is -2.19. The molecule has 0 saturated heterocycles. The number of sulfonamides is 1. The van der Waals surface area contributed by atoms with Gasteiger partial charge in [0.2, 0.25) is 15.9 Å². The van der Waals surface area contributed by atoms with E-state index in [0.717, 1.165) is 0 Å². The van der Waals surface area contributed by atoms with E-state index in [4.69, 9.17) is 32.7 Å². The summed E-state index contributed by atoms with van der Waals surface area (Å²) < 4.78 is 38.0. The molecule has 1 amide bonds. The second-order valence-corrected chi connectivity index (χ2v) is 9.29. The third-order valence-corrected chi connectivity index (χ3v) is 6.44. The molecule has 1 unspecified atom stereocenters. The molecule has 2 N–H and O–H groups in total. The summed E-state index contributed by atoms with van der Waals surface area (Å²) in [6.07, 6.45) is 2.83. The SMILES string of the molecule is COCCOCCCNC(=O)C(CCSC)NS(=O)(=O)c1cc(Cl)ccc1Cl. The maximum absolute atomic E-state index is 12.7. The molecule has 0 saturated carbocycles. The topological polar surface area (TPSA) is 93.7 Å². The summed E-state index contributed by atoms with van der Waals surface area (Å²) in [7, 11) is -2.42. The highest BCUT2D eigenvalue weighted by Crippen LogP contribution is 2.25. The second-order valence-electron chi connectivity index (χ2n) is 5.78. The Morgan fingerprint density at radius 2 is 2.00 bits per heavy atom. The molecule has 1 atom stereocenters. The number of hydrogen-bond donors (Lipinski definition) is 2. The third kappa shape index (κ3) is 9.30. The van der Waals surface area contributed by atoms with E-state index >= 15 is 0 Å². The number of carbonyl (C=O) groups is 1. The fraction of sp³-hybridized carbons (Fsp3) is 0.588. The van der Waals surface area contributed by atoms with Crippen molar-refractivity contribution in [2.45, 2.75) is 23.8 Å². The Balaban J connectivity index is 2.68. The van der Waals surface area contributed by atoms with Gasteiger partial charge in [0.25, 0.3) is 0 Å². The van der Waals surface area contributed by atoms with Crippen LogP contribution >= 0.6 is 35.0 Å². The number of amides is 1. The summed E-state index contributed by atoms with van der Waals surface area (Å²) >= 11 is 13.4. The number of thioether (sulfide) groups is 1. The van der Waals surface area contributed by atoms with Gasteiger partial charge < -0.3 is 14.8 Å². The first-order chi connectivity index (χ1) is 13.3. The van der Waals surface area contributed by atoms with Crippen molar-refractivity contribution >= 4 is 50.9 Å². The van der Waals surface area contributed by atoms with E-state index in [-0.39, 0.29) is 14.9 Å². The monoisotopic (exact) mass is 472 g/mol. The van der Waals surface area contributed by atoms with Gasteiger partial charge in [-0.15, -0.1) is 0 Å². The Bertz CT molecular complexity index is 719. The van der Waals surface area contributed by atoms with Crippen LogP contribution in [0.2, 0.25) is 10.0 Å². The summed E-state index contributed by atoms with van der Waals surface area (Å²) in [5, 5.41) is 3.01. The smallest absolute Gasteiger partial charge is 0.242 e. The zero-order valence-corrected chi connectivity index (χ0v) is 19.0. The highest BCUT2D eigenvalue weighted by molar-refractivity contribution is 7.98. The van der Waals surface area contributed by atoms with Crippen LogP contribution in [0.4, 0.5) is 0 Å². The predicted molar refractivity (Wildman–Crippen MR) is 114 cm³/mol. The van der Waals surface area contributed by atoms with Crippen LogP contribution in [0, 0.1) is 0 Å². The molecule has 0 aliphatic rings. The van der Waals surface area contributed by atoms with E-state index in [1.807, 2.05) is 6.26 Å². The van der Waals surface area contributed by atoms with Crippen molar-refractivity contribution in [1.29, 1.82) is 0 Å². The first-order valence-electron chi connectivity index (χ1n) is 8.62. The zero-order valence-electron chi connectivity index (χ0n) is 15.9. The minimum atomic E-state index is -4.01. The van der Waals surface area contributed by atoms with Crippen molar-refractivity contribution in [2.75, 3.05) is 45.5 Å². The van der Waals surface area contributed by atoms with E-state index in [2.05, 4.69) is 10.0 Å². The molecule has 0 bridgehead atoms. The van der Waals surface area contributed by atoms with Gasteiger partial charge >= 0.3 is 0 Å². The Morgan fingerprint density at radius 3 is 2.68 bits per heavy atom. The first kappa shape index (κ1) is 25.5. The Kier molecular flexibility index (Phi) is 12.4. The van der Waals surface area contributed by atoms with Crippen molar-refractivity contribution in [3.8, 4) is 0 Å². The molecule has 28 heavy (non-hydrogen) atoms. The molecule has 0 spiro atoms. The van der Waals surface area contributed by atoms with Crippen molar-refractivity contribution in [2.24, 2.45) is 0 Å². The highest BCUT2D eigenvalue weighted by atomic mass is 35.5. The molecule has 160 valence electrons. The molecule has 1 aromatic rings. The van der Waals surface area contributed by atoms with Crippen LogP contribution in [0.25, 0.3) is 0 Å². The van der Waals surface area contributed by atoms with E-state index < -0.39 is 22.0 Å². The highest BCUT2D eigenvalue weighted by Gasteiger charge is 2.27. The van der Waals surface area contributed by atoms with Gasteiger partial charge in [-0.25, -0.2) is 8.42 Å². The lowest BCUT2D eigenvalue weighted by Crippen LogP contribution is -2.47. The number of hydrogen-bond acceptors (Lipinski definition) is 6. The van der Waals surface area contributed by atoms with Gasteiger partial charge in [0.05, 0.1) is 18.2 Å². The molecular weight excluding hydrogens is 447 g/mol. The number of rotatable bonds is 14. The van der Waals surface area contributed by atoms with Gasteiger partial charge in [0, 0.05) is 25.3 Å². The summed E-state index contributed by atoms with van der Waals surface area (Å²) in [4.78, 5) is 12.3. The molecule has 0 aromatic heterocycles. The molecule has 0 heterocycles. The molecule has 1 rings (SSSR count).